The van der Waals surface area contributed by atoms with E-state index < -0.39 is 21.7 Å². The molecular weight excluding hydrogens is 442 g/mol. The third-order valence-corrected chi connectivity index (χ3v) is 7.00. The number of aromatic nitrogens is 2. The lowest BCUT2D eigenvalue weighted by atomic mass is 9.87. The zero-order chi connectivity index (χ0) is 22.6. The molecule has 1 aromatic heterocycles. The molecule has 1 unspecified atom stereocenters. The summed E-state index contributed by atoms with van der Waals surface area (Å²) < 4.78 is 28.3. The van der Waals surface area contributed by atoms with Crippen molar-refractivity contribution in [2.45, 2.75) is 42.9 Å². The maximum atomic E-state index is 13.1. The number of nitrogens with zero attached hydrogens (tertiary/aromatic N) is 2. The third-order valence-electron chi connectivity index (χ3n) is 5.42. The van der Waals surface area contributed by atoms with Gasteiger partial charge in [-0.2, -0.15) is 0 Å². The highest BCUT2D eigenvalue weighted by molar-refractivity contribution is 7.90. The molecule has 1 amide bonds. The fraction of sp³-hybridized carbons (Fsp3) is 0.429. The summed E-state index contributed by atoms with van der Waals surface area (Å²) in [5, 5.41) is 2.83. The number of halogens is 1. The van der Waals surface area contributed by atoms with Gasteiger partial charge in [-0.15, -0.1) is 0 Å². The van der Waals surface area contributed by atoms with E-state index in [0.717, 1.165) is 31.9 Å². The van der Waals surface area contributed by atoms with Crippen LogP contribution in [0.1, 0.15) is 54.1 Å². The molecule has 8 nitrogen and oxygen atoms in total. The maximum absolute atomic E-state index is 13.1. The Morgan fingerprint density at radius 2 is 1.94 bits per heavy atom. The van der Waals surface area contributed by atoms with E-state index in [1.807, 2.05) is 0 Å². The first kappa shape index (κ1) is 23.1. The summed E-state index contributed by atoms with van der Waals surface area (Å²) >= 11 is 6.22. The van der Waals surface area contributed by atoms with Crippen LogP contribution in [0.15, 0.2) is 35.5 Å². The molecule has 0 aliphatic heterocycles. The van der Waals surface area contributed by atoms with Crippen LogP contribution in [0.4, 0.5) is 5.82 Å². The molecule has 3 rings (SSSR count). The molecule has 0 radical (unpaired) electrons. The van der Waals surface area contributed by atoms with Crippen LogP contribution >= 0.6 is 11.6 Å². The normalized spacial score (nSPS) is 15.5. The minimum Gasteiger partial charge on any atom is -0.464 e. The Kier molecular flexibility index (Phi) is 7.27. The van der Waals surface area contributed by atoms with Crippen LogP contribution in [0.25, 0.3) is 0 Å². The van der Waals surface area contributed by atoms with E-state index in [4.69, 9.17) is 11.6 Å². The van der Waals surface area contributed by atoms with Gasteiger partial charge in [0.1, 0.15) is 0 Å². The summed E-state index contributed by atoms with van der Waals surface area (Å²) in [7, 11) is -2.23. The Morgan fingerprint density at radius 1 is 1.23 bits per heavy atom. The van der Waals surface area contributed by atoms with Crippen LogP contribution < -0.4 is 5.32 Å². The minimum atomic E-state index is -3.47. The van der Waals surface area contributed by atoms with Crippen molar-refractivity contribution >= 4 is 39.1 Å². The summed E-state index contributed by atoms with van der Waals surface area (Å²) in [6, 6.07) is 4.61. The van der Waals surface area contributed by atoms with E-state index in [9.17, 15) is 18.0 Å². The van der Waals surface area contributed by atoms with Gasteiger partial charge >= 0.3 is 5.97 Å². The second-order valence-electron chi connectivity index (χ2n) is 7.67. The van der Waals surface area contributed by atoms with Gasteiger partial charge in [0.25, 0.3) is 0 Å². The fourth-order valence-corrected chi connectivity index (χ4v) is 5.16. The van der Waals surface area contributed by atoms with Crippen molar-refractivity contribution in [3.05, 3.63) is 46.9 Å². The molecule has 1 N–H and O–H groups in total. The molecule has 1 aliphatic rings. The predicted octanol–water partition coefficient (Wildman–Crippen LogP) is 3.62. The van der Waals surface area contributed by atoms with Gasteiger partial charge in [-0.05, 0) is 30.0 Å². The molecule has 31 heavy (non-hydrogen) atoms. The largest absolute Gasteiger partial charge is 0.464 e. The molecule has 0 bridgehead atoms. The highest BCUT2D eigenvalue weighted by atomic mass is 35.5. The summed E-state index contributed by atoms with van der Waals surface area (Å²) in [4.78, 5) is 32.7. The van der Waals surface area contributed by atoms with E-state index in [2.05, 4.69) is 20.0 Å². The average molecular weight is 466 g/mol. The lowest BCUT2D eigenvalue weighted by Gasteiger charge is -2.21. The molecule has 166 valence electrons. The number of hydrogen-bond donors (Lipinski definition) is 1. The SMILES string of the molecule is COC(=O)c1cnc(NC(=O)C(CC2CCCC2)c2ccc(S(C)(=O)=O)c(Cl)c2)cn1. The van der Waals surface area contributed by atoms with Crippen LogP contribution in [-0.2, 0) is 19.4 Å². The van der Waals surface area contributed by atoms with Crippen molar-refractivity contribution in [3.8, 4) is 0 Å². The van der Waals surface area contributed by atoms with E-state index in [-0.39, 0.29) is 27.3 Å². The Balaban J connectivity index is 1.85. The van der Waals surface area contributed by atoms with Gasteiger partial charge in [-0.1, -0.05) is 43.4 Å². The second kappa shape index (κ2) is 9.74. The number of methoxy groups -OCH3 is 1. The van der Waals surface area contributed by atoms with Crippen molar-refractivity contribution in [2.24, 2.45) is 5.92 Å². The van der Waals surface area contributed by atoms with Crippen molar-refractivity contribution in [1.82, 2.24) is 9.97 Å². The van der Waals surface area contributed by atoms with E-state index in [1.54, 1.807) is 12.1 Å². The van der Waals surface area contributed by atoms with Gasteiger partial charge < -0.3 is 10.1 Å². The summed E-state index contributed by atoms with van der Waals surface area (Å²) in [5.74, 6) is -0.846. The van der Waals surface area contributed by atoms with Crippen LogP contribution in [-0.4, -0.2) is 43.6 Å². The van der Waals surface area contributed by atoms with Crippen molar-refractivity contribution in [1.29, 1.82) is 0 Å². The number of benzene rings is 1. The highest BCUT2D eigenvalue weighted by Gasteiger charge is 2.28. The average Bonchev–Trinajstić information content (AvgIpc) is 3.24. The molecular formula is C21H24ClN3O5S. The van der Waals surface area contributed by atoms with Gasteiger partial charge in [0, 0.05) is 6.26 Å². The van der Waals surface area contributed by atoms with Gasteiger partial charge in [0.05, 0.1) is 35.3 Å². The zero-order valence-electron chi connectivity index (χ0n) is 17.3. The Bertz CT molecular complexity index is 1070. The number of anilines is 1. The summed E-state index contributed by atoms with van der Waals surface area (Å²) in [6.07, 6.45) is 8.59. The number of amides is 1. The predicted molar refractivity (Wildman–Crippen MR) is 116 cm³/mol. The van der Waals surface area contributed by atoms with Gasteiger partial charge in [-0.25, -0.2) is 23.2 Å². The monoisotopic (exact) mass is 465 g/mol. The molecule has 1 saturated carbocycles. The standard InChI is InChI=1S/C21H24ClN3O5S/c1-30-21(27)17-11-24-19(12-23-17)25-20(26)15(9-13-5-3-4-6-13)14-7-8-18(16(22)10-14)31(2,28)29/h7-8,10-13,15H,3-6,9H2,1-2H3,(H,24,25,26). The number of rotatable bonds is 7. The van der Waals surface area contributed by atoms with Gasteiger partial charge in [0.2, 0.25) is 5.91 Å². The van der Waals surface area contributed by atoms with Crippen LogP contribution in [0.5, 0.6) is 0 Å². The molecule has 1 aliphatic carbocycles. The van der Waals surface area contributed by atoms with Gasteiger partial charge in [-0.3, -0.25) is 4.79 Å². The first-order valence-corrected chi connectivity index (χ1v) is 12.2. The lowest BCUT2D eigenvalue weighted by Crippen LogP contribution is -2.24. The first-order chi connectivity index (χ1) is 14.7. The van der Waals surface area contributed by atoms with Crippen LogP contribution in [0.2, 0.25) is 5.02 Å². The third kappa shape index (κ3) is 5.80. The molecule has 10 heteroatoms. The molecule has 1 fully saturated rings. The highest BCUT2D eigenvalue weighted by Crippen LogP contribution is 2.36. The van der Waals surface area contributed by atoms with Crippen molar-refractivity contribution in [3.63, 3.8) is 0 Å². The van der Waals surface area contributed by atoms with Crippen LogP contribution in [0.3, 0.4) is 0 Å². The maximum Gasteiger partial charge on any atom is 0.358 e. The molecule has 1 heterocycles. The number of ether oxygens (including phenoxy) is 1. The molecule has 0 spiro atoms. The van der Waals surface area contributed by atoms with E-state index in [0.29, 0.717) is 17.9 Å². The van der Waals surface area contributed by atoms with Crippen LogP contribution in [0, 0.1) is 5.92 Å². The summed E-state index contributed by atoms with van der Waals surface area (Å²) in [5.41, 5.74) is 0.673. The lowest BCUT2D eigenvalue weighted by molar-refractivity contribution is -0.118. The molecule has 0 saturated heterocycles. The number of carbonyl (C=O) groups is 2. The molecule has 2 aromatic rings. The molecule has 1 atom stereocenters. The first-order valence-electron chi connectivity index (χ1n) is 9.89. The molecule has 1 aromatic carbocycles. The Labute approximate surface area is 186 Å². The topological polar surface area (TPSA) is 115 Å². The Hall–Kier alpha value is -2.52. The quantitative estimate of drug-likeness (QED) is 0.620. The van der Waals surface area contributed by atoms with E-state index >= 15 is 0 Å². The fourth-order valence-electron chi connectivity index (χ4n) is 3.82. The zero-order valence-corrected chi connectivity index (χ0v) is 18.9. The number of hydrogen-bond acceptors (Lipinski definition) is 7. The van der Waals surface area contributed by atoms with Crippen molar-refractivity contribution in [2.75, 3.05) is 18.7 Å². The van der Waals surface area contributed by atoms with E-state index in [1.165, 1.54) is 25.6 Å². The number of esters is 1. The Morgan fingerprint density at radius 3 is 2.48 bits per heavy atom. The second-order valence-corrected chi connectivity index (χ2v) is 10.1. The minimum absolute atomic E-state index is 0.0298. The number of sulfone groups is 1. The van der Waals surface area contributed by atoms with Gasteiger partial charge in [0.15, 0.2) is 21.3 Å². The van der Waals surface area contributed by atoms with Crippen molar-refractivity contribution < 1.29 is 22.7 Å². The number of nitrogens with one attached hydrogen (secondary N) is 1. The summed E-state index contributed by atoms with van der Waals surface area (Å²) in [6.45, 7) is 0. The smallest absolute Gasteiger partial charge is 0.358 e. The number of carbonyl (C=O) groups excluding carboxylic acids is 2.